The number of benzene rings is 2. The highest BCUT2D eigenvalue weighted by molar-refractivity contribution is 14.1. The fraction of sp³-hybridized carbons (Fsp3) is 0.278. The van der Waals surface area contributed by atoms with Crippen LogP contribution in [-0.2, 0) is 14.8 Å². The van der Waals surface area contributed by atoms with Crippen molar-refractivity contribution >= 4 is 55.8 Å². The molecule has 0 spiro atoms. The quantitative estimate of drug-likeness (QED) is 0.626. The minimum Gasteiger partial charge on any atom is -0.379 e. The largest absolute Gasteiger partial charge is 0.379 e. The zero-order chi connectivity index (χ0) is 19.6. The number of hydrogen-bond donors (Lipinski definition) is 1. The molecule has 2 aromatic rings. The van der Waals surface area contributed by atoms with E-state index >= 15 is 0 Å². The molecule has 0 saturated carbocycles. The Kier molecular flexibility index (Phi) is 6.42. The number of carbonyl (C=O) groups is 1. The summed E-state index contributed by atoms with van der Waals surface area (Å²) < 4.78 is 33.4. The third-order valence-electron chi connectivity index (χ3n) is 4.22. The van der Waals surface area contributed by atoms with Gasteiger partial charge in [0.1, 0.15) is 4.90 Å². The van der Waals surface area contributed by atoms with Gasteiger partial charge in [-0.25, -0.2) is 8.42 Å². The zero-order valence-electron chi connectivity index (χ0n) is 14.5. The summed E-state index contributed by atoms with van der Waals surface area (Å²) in [6.45, 7) is 3.09. The van der Waals surface area contributed by atoms with Crippen molar-refractivity contribution in [2.45, 2.75) is 11.8 Å². The number of carbonyl (C=O) groups excluding carboxylic acids is 1. The molecular formula is C18H18ClIN2O4S. The summed E-state index contributed by atoms with van der Waals surface area (Å²) in [6, 6.07) is 9.93. The third-order valence-corrected chi connectivity index (χ3v) is 7.27. The summed E-state index contributed by atoms with van der Waals surface area (Å²) in [6.07, 6.45) is 0. The standard InChI is InChI=1S/C18H18ClIN2O4S/c1-12-10-14(20)3-5-16(12)21-18(23)13-2-4-15(19)17(11-13)27(24,25)22-6-8-26-9-7-22/h2-5,10-11H,6-9H2,1H3,(H,21,23). The van der Waals surface area contributed by atoms with Crippen LogP contribution in [0, 0.1) is 10.5 Å². The van der Waals surface area contributed by atoms with Crippen LogP contribution < -0.4 is 5.32 Å². The van der Waals surface area contributed by atoms with E-state index in [0.29, 0.717) is 18.9 Å². The molecule has 1 heterocycles. The first-order valence-electron chi connectivity index (χ1n) is 8.24. The lowest BCUT2D eigenvalue weighted by atomic mass is 10.1. The van der Waals surface area contributed by atoms with Crippen LogP contribution in [0.2, 0.25) is 5.02 Å². The van der Waals surface area contributed by atoms with Crippen molar-refractivity contribution in [1.29, 1.82) is 0 Å². The van der Waals surface area contributed by atoms with Gasteiger partial charge in [0.2, 0.25) is 10.0 Å². The lowest BCUT2D eigenvalue weighted by Gasteiger charge is -2.26. The monoisotopic (exact) mass is 520 g/mol. The van der Waals surface area contributed by atoms with Gasteiger partial charge in [0.05, 0.1) is 18.2 Å². The molecule has 1 aliphatic heterocycles. The number of ether oxygens (including phenoxy) is 1. The van der Waals surface area contributed by atoms with Crippen molar-refractivity contribution in [1.82, 2.24) is 4.31 Å². The number of aryl methyl sites for hydroxylation is 1. The van der Waals surface area contributed by atoms with Gasteiger partial charge in [-0.2, -0.15) is 4.31 Å². The van der Waals surface area contributed by atoms with Gasteiger partial charge in [-0.05, 0) is 71.5 Å². The second kappa shape index (κ2) is 8.44. The molecule has 0 aromatic heterocycles. The Morgan fingerprint density at radius 3 is 2.56 bits per heavy atom. The van der Waals surface area contributed by atoms with Crippen molar-refractivity contribution in [3.63, 3.8) is 0 Å². The second-order valence-electron chi connectivity index (χ2n) is 6.08. The average Bonchev–Trinajstić information content (AvgIpc) is 2.65. The number of halogens is 2. The van der Waals surface area contributed by atoms with Crippen LogP contribution in [0.1, 0.15) is 15.9 Å². The summed E-state index contributed by atoms with van der Waals surface area (Å²) in [5.74, 6) is -0.394. The second-order valence-corrected chi connectivity index (χ2v) is 9.63. The van der Waals surface area contributed by atoms with E-state index in [4.69, 9.17) is 16.3 Å². The zero-order valence-corrected chi connectivity index (χ0v) is 18.3. The Morgan fingerprint density at radius 2 is 1.89 bits per heavy atom. The Balaban J connectivity index is 1.89. The van der Waals surface area contributed by atoms with Crippen LogP contribution in [0.15, 0.2) is 41.3 Å². The fourth-order valence-electron chi connectivity index (χ4n) is 2.73. The summed E-state index contributed by atoms with van der Waals surface area (Å²) in [4.78, 5) is 12.6. The first kappa shape index (κ1) is 20.5. The Labute approximate surface area is 177 Å². The molecule has 0 aliphatic carbocycles. The minimum atomic E-state index is -3.79. The number of hydrogen-bond acceptors (Lipinski definition) is 4. The highest BCUT2D eigenvalue weighted by atomic mass is 127. The predicted molar refractivity (Wildman–Crippen MR) is 113 cm³/mol. The van der Waals surface area contributed by atoms with E-state index in [1.807, 2.05) is 25.1 Å². The molecule has 9 heteroatoms. The molecule has 1 aliphatic rings. The van der Waals surface area contributed by atoms with Crippen molar-refractivity contribution in [2.75, 3.05) is 31.6 Å². The van der Waals surface area contributed by atoms with Crippen LogP contribution in [-0.4, -0.2) is 44.9 Å². The molecule has 0 bridgehead atoms. The van der Waals surface area contributed by atoms with Gasteiger partial charge in [-0.3, -0.25) is 4.79 Å². The van der Waals surface area contributed by atoms with E-state index in [-0.39, 0.29) is 28.6 Å². The van der Waals surface area contributed by atoms with Crippen molar-refractivity contribution in [3.8, 4) is 0 Å². The number of amides is 1. The summed E-state index contributed by atoms with van der Waals surface area (Å²) in [7, 11) is -3.79. The number of nitrogens with one attached hydrogen (secondary N) is 1. The highest BCUT2D eigenvalue weighted by Crippen LogP contribution is 2.27. The predicted octanol–water partition coefficient (Wildman–Crippen LogP) is 3.53. The maximum absolute atomic E-state index is 12.9. The number of nitrogens with zero attached hydrogens (tertiary/aromatic N) is 1. The van der Waals surface area contributed by atoms with Gasteiger partial charge in [-0.15, -0.1) is 0 Å². The Bertz CT molecular complexity index is 975. The molecule has 1 saturated heterocycles. The lowest BCUT2D eigenvalue weighted by molar-refractivity contribution is 0.0730. The van der Waals surface area contributed by atoms with Gasteiger partial charge < -0.3 is 10.1 Å². The number of anilines is 1. The third kappa shape index (κ3) is 4.62. The number of morpholine rings is 1. The maximum Gasteiger partial charge on any atom is 0.255 e. The molecule has 27 heavy (non-hydrogen) atoms. The Morgan fingerprint density at radius 1 is 1.19 bits per heavy atom. The summed E-state index contributed by atoms with van der Waals surface area (Å²) in [5, 5.41) is 2.90. The van der Waals surface area contributed by atoms with E-state index in [1.165, 1.54) is 22.5 Å². The molecule has 1 amide bonds. The molecule has 3 rings (SSSR count). The van der Waals surface area contributed by atoms with Crippen LogP contribution in [0.5, 0.6) is 0 Å². The molecule has 0 atom stereocenters. The van der Waals surface area contributed by atoms with E-state index in [9.17, 15) is 13.2 Å². The van der Waals surface area contributed by atoms with Crippen molar-refractivity contribution in [3.05, 3.63) is 56.1 Å². The fourth-order valence-corrected chi connectivity index (χ4v) is 5.29. The van der Waals surface area contributed by atoms with Gasteiger partial charge in [0.25, 0.3) is 5.91 Å². The SMILES string of the molecule is Cc1cc(I)ccc1NC(=O)c1ccc(Cl)c(S(=O)(=O)N2CCOCC2)c1. The Hall–Kier alpha value is -1.20. The van der Waals surface area contributed by atoms with Gasteiger partial charge in [-0.1, -0.05) is 11.6 Å². The van der Waals surface area contributed by atoms with E-state index < -0.39 is 15.9 Å². The first-order valence-corrected chi connectivity index (χ1v) is 11.1. The number of rotatable bonds is 4. The molecule has 0 radical (unpaired) electrons. The molecule has 6 nitrogen and oxygen atoms in total. The van der Waals surface area contributed by atoms with Gasteiger partial charge in [0, 0.05) is 27.9 Å². The van der Waals surface area contributed by atoms with Crippen molar-refractivity contribution in [2.24, 2.45) is 0 Å². The van der Waals surface area contributed by atoms with E-state index in [2.05, 4.69) is 27.9 Å². The number of sulfonamides is 1. The maximum atomic E-state index is 12.9. The van der Waals surface area contributed by atoms with Crippen LogP contribution in [0.3, 0.4) is 0 Å². The molecule has 0 unspecified atom stereocenters. The van der Waals surface area contributed by atoms with Crippen LogP contribution in [0.4, 0.5) is 5.69 Å². The smallest absolute Gasteiger partial charge is 0.255 e. The van der Waals surface area contributed by atoms with Gasteiger partial charge in [0.15, 0.2) is 0 Å². The molecule has 144 valence electrons. The summed E-state index contributed by atoms with van der Waals surface area (Å²) >= 11 is 8.34. The summed E-state index contributed by atoms with van der Waals surface area (Å²) in [5.41, 5.74) is 1.82. The molecule has 1 N–H and O–H groups in total. The van der Waals surface area contributed by atoms with E-state index in [0.717, 1.165) is 9.13 Å². The molecular weight excluding hydrogens is 503 g/mol. The highest BCUT2D eigenvalue weighted by Gasteiger charge is 2.29. The molecule has 2 aromatic carbocycles. The minimum absolute atomic E-state index is 0.0713. The van der Waals surface area contributed by atoms with Crippen molar-refractivity contribution < 1.29 is 17.9 Å². The van der Waals surface area contributed by atoms with Crippen LogP contribution >= 0.6 is 34.2 Å². The van der Waals surface area contributed by atoms with Crippen LogP contribution in [0.25, 0.3) is 0 Å². The first-order chi connectivity index (χ1) is 12.8. The topological polar surface area (TPSA) is 75.7 Å². The molecule has 1 fully saturated rings. The lowest BCUT2D eigenvalue weighted by Crippen LogP contribution is -2.40. The van der Waals surface area contributed by atoms with E-state index in [1.54, 1.807) is 0 Å². The normalized spacial score (nSPS) is 15.5. The average molecular weight is 521 g/mol. The van der Waals surface area contributed by atoms with Gasteiger partial charge >= 0.3 is 0 Å².